The lowest BCUT2D eigenvalue weighted by Gasteiger charge is -2.19. The highest BCUT2D eigenvalue weighted by Gasteiger charge is 2.28. The Morgan fingerprint density at radius 2 is 1.96 bits per heavy atom. The molecule has 2 aromatic rings. The van der Waals surface area contributed by atoms with Gasteiger partial charge in [-0.25, -0.2) is 14.6 Å². The third kappa shape index (κ3) is 5.32. The molecule has 0 aromatic carbocycles. The molecule has 0 atom stereocenters. The van der Waals surface area contributed by atoms with Gasteiger partial charge < -0.3 is 19.8 Å². The number of esters is 2. The number of anilines is 1. The first-order chi connectivity index (χ1) is 12.7. The Morgan fingerprint density at radius 3 is 2.48 bits per heavy atom. The second-order valence-electron chi connectivity index (χ2n) is 6.89. The number of carbonyl (C=O) groups is 2. The quantitative estimate of drug-likeness (QED) is 0.660. The molecule has 0 saturated heterocycles. The van der Waals surface area contributed by atoms with Crippen molar-refractivity contribution in [1.29, 1.82) is 0 Å². The summed E-state index contributed by atoms with van der Waals surface area (Å²) in [5.41, 5.74) is 1.11. The van der Waals surface area contributed by atoms with Crippen LogP contribution in [0.2, 0.25) is 0 Å². The summed E-state index contributed by atoms with van der Waals surface area (Å²) in [5.74, 6) is -0.364. The Morgan fingerprint density at radius 1 is 1.26 bits per heavy atom. The van der Waals surface area contributed by atoms with E-state index in [9.17, 15) is 9.59 Å². The van der Waals surface area contributed by atoms with Crippen molar-refractivity contribution in [2.45, 2.75) is 46.3 Å². The lowest BCUT2D eigenvalue weighted by molar-refractivity contribution is 0.00622. The molecule has 0 aliphatic carbocycles. The van der Waals surface area contributed by atoms with Crippen molar-refractivity contribution in [3.05, 3.63) is 45.3 Å². The Hall–Kier alpha value is -2.35. The number of pyridine rings is 1. The van der Waals surface area contributed by atoms with Crippen molar-refractivity contribution in [3.63, 3.8) is 0 Å². The molecule has 0 radical (unpaired) electrons. The highest BCUT2D eigenvalue weighted by Crippen LogP contribution is 2.24. The molecule has 0 unspecified atom stereocenters. The van der Waals surface area contributed by atoms with Gasteiger partial charge in [0.2, 0.25) is 0 Å². The van der Waals surface area contributed by atoms with Crippen molar-refractivity contribution < 1.29 is 19.1 Å². The number of rotatable bonds is 6. The van der Waals surface area contributed by atoms with Crippen LogP contribution in [-0.4, -0.2) is 34.6 Å². The number of nitrogens with one attached hydrogen (secondary N) is 2. The number of methoxy groups -OCH3 is 1. The Bertz CT molecular complexity index is 823. The molecule has 7 nitrogen and oxygen atoms in total. The van der Waals surface area contributed by atoms with Crippen LogP contribution >= 0.6 is 15.9 Å². The molecular weight excluding hydrogens is 414 g/mol. The smallest absolute Gasteiger partial charge is 0.355 e. The van der Waals surface area contributed by atoms with Crippen molar-refractivity contribution in [2.75, 3.05) is 12.4 Å². The van der Waals surface area contributed by atoms with Crippen molar-refractivity contribution in [2.24, 2.45) is 0 Å². The third-order valence-electron chi connectivity index (χ3n) is 3.70. The van der Waals surface area contributed by atoms with Crippen LogP contribution in [0.1, 0.15) is 59.8 Å². The summed E-state index contributed by atoms with van der Waals surface area (Å²) in [6.07, 6.45) is 2.15. The van der Waals surface area contributed by atoms with E-state index in [0.29, 0.717) is 29.1 Å². The minimum absolute atomic E-state index is 0.272. The highest BCUT2D eigenvalue weighted by molar-refractivity contribution is 9.10. The number of aromatic amines is 1. The number of ether oxygens (including phenoxy) is 2. The van der Waals surface area contributed by atoms with E-state index in [2.05, 4.69) is 31.2 Å². The molecule has 2 heterocycles. The number of nitrogens with zero attached hydrogens (tertiary/aromatic N) is 1. The van der Waals surface area contributed by atoms with Crippen LogP contribution in [0.25, 0.3) is 0 Å². The molecule has 0 fully saturated rings. The number of halogens is 1. The van der Waals surface area contributed by atoms with E-state index in [0.717, 1.165) is 4.47 Å². The summed E-state index contributed by atoms with van der Waals surface area (Å²) >= 11 is 3.33. The maximum Gasteiger partial charge on any atom is 0.355 e. The van der Waals surface area contributed by atoms with Gasteiger partial charge in [-0.05, 0) is 60.8 Å². The molecule has 0 saturated carbocycles. The third-order valence-corrected chi connectivity index (χ3v) is 4.17. The van der Waals surface area contributed by atoms with E-state index in [4.69, 9.17) is 9.47 Å². The maximum absolute atomic E-state index is 12.6. The predicted molar refractivity (Wildman–Crippen MR) is 106 cm³/mol. The largest absolute Gasteiger partial charge is 0.465 e. The van der Waals surface area contributed by atoms with Gasteiger partial charge in [0.15, 0.2) is 0 Å². The zero-order chi connectivity index (χ0) is 20.2. The minimum Gasteiger partial charge on any atom is -0.465 e. The van der Waals surface area contributed by atoms with Gasteiger partial charge in [-0.1, -0.05) is 6.92 Å². The van der Waals surface area contributed by atoms with Crippen molar-refractivity contribution >= 4 is 33.7 Å². The van der Waals surface area contributed by atoms with E-state index in [-0.39, 0.29) is 12.2 Å². The Labute approximate surface area is 167 Å². The summed E-state index contributed by atoms with van der Waals surface area (Å²) in [6, 6.07) is 3.66. The van der Waals surface area contributed by atoms with Crippen LogP contribution in [0.15, 0.2) is 22.8 Å². The molecule has 0 aliphatic heterocycles. The summed E-state index contributed by atoms with van der Waals surface area (Å²) in [5, 5.41) is 3.14. The first-order valence-corrected chi connectivity index (χ1v) is 9.36. The predicted octanol–water partition coefficient (Wildman–Crippen LogP) is 4.09. The lowest BCUT2D eigenvalue weighted by atomic mass is 10.1. The Kier molecular flexibility index (Phi) is 6.64. The first-order valence-electron chi connectivity index (χ1n) is 8.57. The molecule has 2 rings (SSSR count). The van der Waals surface area contributed by atoms with E-state index >= 15 is 0 Å². The average molecular weight is 438 g/mol. The van der Waals surface area contributed by atoms with Gasteiger partial charge in [-0.15, -0.1) is 0 Å². The fraction of sp³-hybridized carbons (Fsp3) is 0.421. The zero-order valence-electron chi connectivity index (χ0n) is 16.1. The van der Waals surface area contributed by atoms with E-state index in [1.54, 1.807) is 33.0 Å². The van der Waals surface area contributed by atoms with Crippen LogP contribution < -0.4 is 5.32 Å². The maximum atomic E-state index is 12.6. The van der Waals surface area contributed by atoms with Crippen LogP contribution in [0, 0.1) is 0 Å². The zero-order valence-corrected chi connectivity index (χ0v) is 17.7. The summed E-state index contributed by atoms with van der Waals surface area (Å²) in [7, 11) is 1.31. The highest BCUT2D eigenvalue weighted by atomic mass is 79.9. The monoisotopic (exact) mass is 437 g/mol. The number of hydrogen-bond donors (Lipinski definition) is 2. The van der Waals surface area contributed by atoms with Crippen molar-refractivity contribution in [1.82, 2.24) is 9.97 Å². The van der Waals surface area contributed by atoms with Crippen LogP contribution in [0.5, 0.6) is 0 Å². The topological polar surface area (TPSA) is 93.3 Å². The molecule has 27 heavy (non-hydrogen) atoms. The lowest BCUT2D eigenvalue weighted by Crippen LogP contribution is -2.24. The van der Waals surface area contributed by atoms with Crippen LogP contribution in [-0.2, 0) is 22.4 Å². The molecule has 8 heteroatoms. The Balaban J connectivity index is 2.38. The minimum atomic E-state index is -0.640. The fourth-order valence-corrected chi connectivity index (χ4v) is 2.83. The fourth-order valence-electron chi connectivity index (χ4n) is 2.59. The van der Waals surface area contributed by atoms with Gasteiger partial charge in [0.1, 0.15) is 17.1 Å². The molecular formula is C19H24BrN3O4. The summed E-state index contributed by atoms with van der Waals surface area (Å²) in [4.78, 5) is 32.2. The van der Waals surface area contributed by atoms with Gasteiger partial charge in [0.05, 0.1) is 19.2 Å². The number of H-pyrrole nitrogens is 1. The second-order valence-corrected chi connectivity index (χ2v) is 7.81. The first kappa shape index (κ1) is 21.0. The number of carbonyl (C=O) groups excluding carboxylic acids is 2. The molecule has 2 aromatic heterocycles. The van der Waals surface area contributed by atoms with E-state index < -0.39 is 17.5 Å². The average Bonchev–Trinajstić information content (AvgIpc) is 2.98. The molecule has 0 aliphatic rings. The van der Waals surface area contributed by atoms with Crippen LogP contribution in [0.4, 0.5) is 5.82 Å². The number of hydrogen-bond acceptors (Lipinski definition) is 6. The SMILES string of the molecule is CCc1c(C(=O)OC(C)(C)C)[nH]c(CNc2ccc(Br)cn2)c1C(=O)OC. The standard InChI is InChI=1S/C19H24BrN3O4/c1-6-12-15(17(24)26-5)13(10-22-14-8-7-11(20)9-21-14)23-16(12)18(25)27-19(2,3)4/h7-9,23H,6,10H2,1-5H3,(H,21,22). The number of aromatic nitrogens is 2. The van der Waals surface area contributed by atoms with Gasteiger partial charge in [-0.3, -0.25) is 0 Å². The van der Waals surface area contributed by atoms with Gasteiger partial charge in [-0.2, -0.15) is 0 Å². The van der Waals surface area contributed by atoms with Crippen molar-refractivity contribution in [3.8, 4) is 0 Å². The summed E-state index contributed by atoms with van der Waals surface area (Å²) in [6.45, 7) is 7.53. The van der Waals surface area contributed by atoms with Gasteiger partial charge >= 0.3 is 11.9 Å². The van der Waals surface area contributed by atoms with Gasteiger partial charge in [0.25, 0.3) is 0 Å². The van der Waals surface area contributed by atoms with Crippen LogP contribution in [0.3, 0.4) is 0 Å². The normalized spacial score (nSPS) is 11.2. The molecule has 0 spiro atoms. The van der Waals surface area contributed by atoms with E-state index in [1.165, 1.54) is 7.11 Å². The second kappa shape index (κ2) is 8.56. The molecule has 2 N–H and O–H groups in total. The molecule has 146 valence electrons. The van der Waals surface area contributed by atoms with E-state index in [1.807, 2.05) is 13.0 Å². The molecule has 0 amide bonds. The van der Waals surface area contributed by atoms with Gasteiger partial charge in [0, 0.05) is 16.4 Å². The molecule has 0 bridgehead atoms. The summed E-state index contributed by atoms with van der Waals surface area (Å²) < 4.78 is 11.2.